The summed E-state index contributed by atoms with van der Waals surface area (Å²) in [7, 11) is 0. The zero-order valence-corrected chi connectivity index (χ0v) is 19.2. The number of nitrogens with zero attached hydrogens (tertiary/aromatic N) is 4. The van der Waals surface area contributed by atoms with E-state index in [0.29, 0.717) is 30.4 Å². The lowest BCUT2D eigenvalue weighted by Gasteiger charge is -2.23. The Kier molecular flexibility index (Phi) is 6.69. The number of amides is 1. The van der Waals surface area contributed by atoms with E-state index in [2.05, 4.69) is 37.3 Å². The summed E-state index contributed by atoms with van der Waals surface area (Å²) in [6, 6.07) is 6.27. The number of ether oxygens (including phenoxy) is 2. The lowest BCUT2D eigenvalue weighted by molar-refractivity contribution is -0.116. The molecule has 0 aliphatic carbocycles. The van der Waals surface area contributed by atoms with Crippen molar-refractivity contribution >= 4 is 28.8 Å². The van der Waals surface area contributed by atoms with Crippen LogP contribution < -0.4 is 15.0 Å². The summed E-state index contributed by atoms with van der Waals surface area (Å²) in [6.07, 6.45) is 4.22. The summed E-state index contributed by atoms with van der Waals surface area (Å²) in [6.45, 7) is 9.81. The van der Waals surface area contributed by atoms with Gasteiger partial charge in [-0.05, 0) is 70.7 Å². The molecule has 170 valence electrons. The van der Waals surface area contributed by atoms with E-state index in [9.17, 15) is 4.79 Å². The van der Waals surface area contributed by atoms with E-state index in [4.69, 9.17) is 9.47 Å². The van der Waals surface area contributed by atoms with Crippen molar-refractivity contribution in [2.75, 3.05) is 24.7 Å². The van der Waals surface area contributed by atoms with Crippen LogP contribution in [-0.4, -0.2) is 53.5 Å². The quantitative estimate of drug-likeness (QED) is 0.694. The van der Waals surface area contributed by atoms with Crippen LogP contribution in [0.2, 0.25) is 0 Å². The molecule has 2 aromatic rings. The van der Waals surface area contributed by atoms with Gasteiger partial charge in [0.1, 0.15) is 23.5 Å². The number of aryl methyl sites for hydroxylation is 1. The van der Waals surface area contributed by atoms with E-state index in [-0.39, 0.29) is 18.1 Å². The second-order valence-corrected chi connectivity index (χ2v) is 8.55. The fourth-order valence-electron chi connectivity index (χ4n) is 4.08. The largest absolute Gasteiger partial charge is 0.491 e. The van der Waals surface area contributed by atoms with Gasteiger partial charge in [0.05, 0.1) is 11.8 Å². The first-order valence-electron chi connectivity index (χ1n) is 11.2. The highest BCUT2D eigenvalue weighted by molar-refractivity contribution is 6.38. The Hall–Kier alpha value is -3.00. The van der Waals surface area contributed by atoms with Crippen molar-refractivity contribution in [2.24, 2.45) is 4.99 Å². The lowest BCUT2D eigenvalue weighted by atomic mass is 10.1. The molecule has 8 heteroatoms. The van der Waals surface area contributed by atoms with Crippen molar-refractivity contribution in [3.05, 3.63) is 35.8 Å². The molecule has 1 aromatic heterocycles. The molecule has 0 spiro atoms. The van der Waals surface area contributed by atoms with Gasteiger partial charge in [-0.15, -0.1) is 0 Å². The highest BCUT2D eigenvalue weighted by atomic mass is 16.5. The summed E-state index contributed by atoms with van der Waals surface area (Å²) >= 11 is 0. The van der Waals surface area contributed by atoms with E-state index >= 15 is 0 Å². The van der Waals surface area contributed by atoms with E-state index in [1.807, 2.05) is 26.8 Å². The maximum Gasteiger partial charge on any atom is 0.265 e. The summed E-state index contributed by atoms with van der Waals surface area (Å²) in [5.74, 6) is 1.42. The summed E-state index contributed by atoms with van der Waals surface area (Å²) < 4.78 is 11.2. The highest BCUT2D eigenvalue weighted by Gasteiger charge is 2.26. The van der Waals surface area contributed by atoms with E-state index < -0.39 is 0 Å². The number of fused-ring (bicyclic) bond motifs is 1. The molecule has 2 aliphatic heterocycles. The van der Waals surface area contributed by atoms with Gasteiger partial charge >= 0.3 is 0 Å². The van der Waals surface area contributed by atoms with Crippen LogP contribution in [0.3, 0.4) is 0 Å². The lowest BCUT2D eigenvalue weighted by Crippen LogP contribution is -2.41. The van der Waals surface area contributed by atoms with Gasteiger partial charge in [0.15, 0.2) is 5.82 Å². The molecule has 4 rings (SSSR count). The molecule has 0 saturated carbocycles. The molecule has 8 nitrogen and oxygen atoms in total. The Labute approximate surface area is 189 Å². The van der Waals surface area contributed by atoms with E-state index in [0.717, 1.165) is 42.9 Å². The summed E-state index contributed by atoms with van der Waals surface area (Å²) in [5.41, 5.74) is 4.06. The predicted molar refractivity (Wildman–Crippen MR) is 124 cm³/mol. The van der Waals surface area contributed by atoms with E-state index in [1.54, 1.807) is 13.3 Å². The Morgan fingerprint density at radius 1 is 1.28 bits per heavy atom. The summed E-state index contributed by atoms with van der Waals surface area (Å²) in [5, 5.41) is 3.07. The monoisotopic (exact) mass is 437 g/mol. The van der Waals surface area contributed by atoms with Crippen molar-refractivity contribution in [2.45, 2.75) is 59.1 Å². The number of carbonyl (C=O) groups is 1. The molecule has 1 fully saturated rings. The van der Waals surface area contributed by atoms with Crippen molar-refractivity contribution in [1.82, 2.24) is 15.3 Å². The number of aliphatic imine (C=N–C) groups is 1. The fourth-order valence-corrected chi connectivity index (χ4v) is 4.08. The van der Waals surface area contributed by atoms with Crippen LogP contribution in [0.15, 0.2) is 29.5 Å². The Morgan fingerprint density at radius 3 is 2.81 bits per heavy atom. The molecule has 2 aliphatic rings. The van der Waals surface area contributed by atoms with Crippen LogP contribution in [-0.2, 0) is 16.0 Å². The molecule has 1 N–H and O–H groups in total. The Morgan fingerprint density at radius 2 is 2.06 bits per heavy atom. The van der Waals surface area contributed by atoms with Gasteiger partial charge in [-0.1, -0.05) is 0 Å². The van der Waals surface area contributed by atoms with Crippen LogP contribution in [0.25, 0.3) is 0 Å². The highest BCUT2D eigenvalue weighted by Crippen LogP contribution is 2.40. The van der Waals surface area contributed by atoms with Gasteiger partial charge in [-0.2, -0.15) is 0 Å². The van der Waals surface area contributed by atoms with Crippen molar-refractivity contribution in [3.63, 3.8) is 0 Å². The molecule has 32 heavy (non-hydrogen) atoms. The van der Waals surface area contributed by atoms with Crippen LogP contribution in [0.4, 0.5) is 17.2 Å². The molecule has 0 radical (unpaired) electrons. The van der Waals surface area contributed by atoms with Crippen molar-refractivity contribution < 1.29 is 14.3 Å². The van der Waals surface area contributed by atoms with Gasteiger partial charge in [0.25, 0.3) is 5.91 Å². The van der Waals surface area contributed by atoms with Gasteiger partial charge in [0, 0.05) is 31.5 Å². The number of nitrogens with one attached hydrogen (secondary N) is 1. The number of carbonyl (C=O) groups excluding carboxylic acids is 1. The van der Waals surface area contributed by atoms with Crippen LogP contribution in [0.5, 0.6) is 5.75 Å². The van der Waals surface area contributed by atoms with Crippen LogP contribution in [0, 0.1) is 6.92 Å². The molecule has 1 amide bonds. The first kappa shape index (κ1) is 22.2. The summed E-state index contributed by atoms with van der Waals surface area (Å²) in [4.78, 5) is 28.4. The first-order valence-corrected chi connectivity index (χ1v) is 11.2. The average molecular weight is 438 g/mol. The van der Waals surface area contributed by atoms with Crippen LogP contribution >= 0.6 is 0 Å². The zero-order chi connectivity index (χ0) is 22.7. The third-order valence-electron chi connectivity index (χ3n) is 5.72. The predicted octanol–water partition coefficient (Wildman–Crippen LogP) is 3.65. The minimum atomic E-state index is -0.164. The van der Waals surface area contributed by atoms with Crippen LogP contribution in [0.1, 0.15) is 44.9 Å². The SMILES string of the molecule is CC(=Nc1c(C)ncnc1N1CCc2cc(OC(C)C)ccc21)C(=O)NC1CCOCC1. The molecular formula is C24H31N5O3. The fraction of sp³-hybridized carbons (Fsp3) is 0.500. The Bertz CT molecular complexity index is 1010. The molecule has 0 unspecified atom stereocenters. The topological polar surface area (TPSA) is 88.9 Å². The number of hydrogen-bond acceptors (Lipinski definition) is 7. The molecule has 0 atom stereocenters. The normalized spacial score (nSPS) is 16.9. The third-order valence-corrected chi connectivity index (χ3v) is 5.72. The van der Waals surface area contributed by atoms with Crippen molar-refractivity contribution in [1.29, 1.82) is 0 Å². The Balaban J connectivity index is 1.59. The van der Waals surface area contributed by atoms with Gasteiger partial charge < -0.3 is 19.7 Å². The zero-order valence-electron chi connectivity index (χ0n) is 19.2. The first-order chi connectivity index (χ1) is 15.4. The number of rotatable bonds is 6. The molecule has 1 saturated heterocycles. The van der Waals surface area contributed by atoms with E-state index in [1.165, 1.54) is 5.56 Å². The average Bonchev–Trinajstić information content (AvgIpc) is 3.18. The molecular weight excluding hydrogens is 406 g/mol. The van der Waals surface area contributed by atoms with Gasteiger partial charge in [-0.3, -0.25) is 4.79 Å². The van der Waals surface area contributed by atoms with Gasteiger partial charge in [0.2, 0.25) is 0 Å². The maximum absolute atomic E-state index is 12.7. The number of aromatic nitrogens is 2. The number of benzene rings is 1. The number of anilines is 2. The number of hydrogen-bond donors (Lipinski definition) is 1. The standard InChI is InChI=1S/C24H31N5O3/c1-15(2)32-20-5-6-21-18(13-20)7-10-29(21)23-22(16(3)25-14-26-23)27-17(4)24(30)28-19-8-11-31-12-9-19/h5-6,13-15,19H,7-12H2,1-4H3,(H,28,30). The third kappa shape index (κ3) is 4.91. The molecule has 0 bridgehead atoms. The second-order valence-electron chi connectivity index (χ2n) is 8.55. The van der Waals surface area contributed by atoms with Crippen molar-refractivity contribution in [3.8, 4) is 5.75 Å². The molecule has 1 aromatic carbocycles. The maximum atomic E-state index is 12.7. The second kappa shape index (κ2) is 9.65. The van der Waals surface area contributed by atoms with Gasteiger partial charge in [-0.25, -0.2) is 15.0 Å². The molecule has 3 heterocycles. The smallest absolute Gasteiger partial charge is 0.265 e. The minimum Gasteiger partial charge on any atom is -0.491 e. The minimum absolute atomic E-state index is 0.127.